The van der Waals surface area contributed by atoms with Crippen molar-refractivity contribution in [1.82, 2.24) is 9.88 Å². The van der Waals surface area contributed by atoms with Crippen LogP contribution in [0, 0.1) is 6.92 Å². The van der Waals surface area contributed by atoms with Gasteiger partial charge in [-0.3, -0.25) is 9.69 Å². The van der Waals surface area contributed by atoms with Crippen molar-refractivity contribution in [2.75, 3.05) is 49.5 Å². The first kappa shape index (κ1) is 32.2. The van der Waals surface area contributed by atoms with E-state index >= 15 is 0 Å². The number of nitrogens with one attached hydrogen (secondary N) is 1. The Kier molecular flexibility index (Phi) is 12.9. The van der Waals surface area contributed by atoms with Crippen LogP contribution in [0.3, 0.4) is 0 Å². The summed E-state index contributed by atoms with van der Waals surface area (Å²) in [6, 6.07) is 14.2. The zero-order valence-corrected chi connectivity index (χ0v) is 23.3. The fourth-order valence-electron chi connectivity index (χ4n) is 4.20. The lowest BCUT2D eigenvalue weighted by Crippen LogP contribution is -2.46. The molecule has 1 aliphatic rings. The molecule has 1 aromatic heterocycles. The first-order chi connectivity index (χ1) is 16.4. The van der Waals surface area contributed by atoms with Gasteiger partial charge in [-0.2, -0.15) is 0 Å². The largest absolute Gasteiger partial charge is 0.484 e. The number of aromatic nitrogens is 1. The van der Waals surface area contributed by atoms with Gasteiger partial charge in [-0.1, -0.05) is 19.1 Å². The van der Waals surface area contributed by atoms with Crippen LogP contribution in [0.5, 0.6) is 5.75 Å². The van der Waals surface area contributed by atoms with Crippen LogP contribution >= 0.6 is 37.2 Å². The van der Waals surface area contributed by atoms with E-state index in [-0.39, 0.29) is 55.3 Å². The normalized spacial score (nSPS) is 13.1. The van der Waals surface area contributed by atoms with Gasteiger partial charge in [-0.25, -0.2) is 9.78 Å². The minimum atomic E-state index is -1.02. The number of aryl methyl sites for hydroxylation is 1. The number of carbonyl (C=O) groups excluding carboxylic acids is 1. The molecule has 202 valence electrons. The molecule has 11 heteroatoms. The predicted octanol–water partition coefficient (Wildman–Crippen LogP) is 5.06. The standard InChI is InChI=1S/C26H30N4O4.3ClH/c1-3-9-29-10-12-30(13-11-29)24-16-22(26(32)33)21-15-19(7-8-23(21)28-24)27-25(31)17-34-20-6-4-5-18(2)14-20;;;/h4-8,14-16H,3,9-13,17H2,1-2H3,(H,27,31)(H,32,33);3*1H. The number of pyridine rings is 1. The van der Waals surface area contributed by atoms with Crippen LogP contribution in [0.1, 0.15) is 29.3 Å². The molecule has 0 unspecified atom stereocenters. The van der Waals surface area contributed by atoms with Crippen molar-refractivity contribution in [3.63, 3.8) is 0 Å². The van der Waals surface area contributed by atoms with Crippen LogP contribution < -0.4 is 15.0 Å². The number of piperazine rings is 1. The lowest BCUT2D eigenvalue weighted by molar-refractivity contribution is -0.118. The molecule has 0 atom stereocenters. The molecule has 0 aliphatic carbocycles. The highest BCUT2D eigenvalue weighted by atomic mass is 35.5. The summed E-state index contributed by atoms with van der Waals surface area (Å²) in [5.41, 5.74) is 2.29. The Labute approximate surface area is 235 Å². The molecule has 8 nitrogen and oxygen atoms in total. The Balaban J connectivity index is 0.00000228. The SMILES string of the molecule is CCCN1CCN(c2cc(C(=O)O)c3cc(NC(=O)COc4cccc(C)c4)ccc3n2)CC1.Cl.Cl.Cl. The number of ether oxygens (including phenoxy) is 1. The van der Waals surface area contributed by atoms with Crippen LogP contribution in [0.25, 0.3) is 10.9 Å². The Morgan fingerprint density at radius 2 is 1.76 bits per heavy atom. The van der Waals surface area contributed by atoms with E-state index in [1.165, 1.54) is 0 Å². The van der Waals surface area contributed by atoms with Crippen LogP contribution in [-0.4, -0.2) is 66.2 Å². The number of halogens is 3. The molecule has 0 bridgehead atoms. The van der Waals surface area contributed by atoms with E-state index in [0.29, 0.717) is 28.2 Å². The molecule has 2 aromatic carbocycles. The van der Waals surface area contributed by atoms with E-state index in [1.54, 1.807) is 30.3 Å². The summed E-state index contributed by atoms with van der Waals surface area (Å²) in [5, 5.41) is 13.1. The molecule has 1 fully saturated rings. The number of nitrogens with zero attached hydrogens (tertiary/aromatic N) is 3. The van der Waals surface area contributed by atoms with Gasteiger partial charge in [-0.05, 0) is 61.9 Å². The van der Waals surface area contributed by atoms with E-state index < -0.39 is 5.97 Å². The number of anilines is 2. The van der Waals surface area contributed by atoms with Gasteiger partial charge < -0.3 is 20.1 Å². The summed E-state index contributed by atoms with van der Waals surface area (Å²) in [5.74, 6) is -0.0599. The van der Waals surface area contributed by atoms with Crippen molar-refractivity contribution >= 4 is 71.5 Å². The quantitative estimate of drug-likeness (QED) is 0.390. The number of benzene rings is 2. The van der Waals surface area contributed by atoms with E-state index in [2.05, 4.69) is 22.0 Å². The predicted molar refractivity (Wildman–Crippen MR) is 155 cm³/mol. The Bertz CT molecular complexity index is 1200. The van der Waals surface area contributed by atoms with Gasteiger partial charge >= 0.3 is 5.97 Å². The van der Waals surface area contributed by atoms with Gasteiger partial charge in [0.2, 0.25) is 0 Å². The van der Waals surface area contributed by atoms with Crippen LogP contribution in [-0.2, 0) is 4.79 Å². The molecular formula is C26H33Cl3N4O4. The summed E-state index contributed by atoms with van der Waals surface area (Å²) < 4.78 is 5.55. The van der Waals surface area contributed by atoms with E-state index in [9.17, 15) is 14.7 Å². The molecule has 1 saturated heterocycles. The molecule has 1 aliphatic heterocycles. The average Bonchev–Trinajstić information content (AvgIpc) is 2.83. The third kappa shape index (κ3) is 8.36. The van der Waals surface area contributed by atoms with Crippen LogP contribution in [0.2, 0.25) is 0 Å². The monoisotopic (exact) mass is 570 g/mol. The summed E-state index contributed by atoms with van der Waals surface area (Å²) in [4.78, 5) is 33.7. The van der Waals surface area contributed by atoms with Crippen molar-refractivity contribution in [3.8, 4) is 5.75 Å². The molecule has 3 aromatic rings. The van der Waals surface area contributed by atoms with Gasteiger partial charge in [-0.15, -0.1) is 37.2 Å². The Morgan fingerprint density at radius 3 is 2.41 bits per heavy atom. The number of fused-ring (bicyclic) bond motifs is 1. The number of carboxylic acid groups (broad SMARTS) is 1. The van der Waals surface area contributed by atoms with Gasteiger partial charge in [0.1, 0.15) is 11.6 Å². The van der Waals surface area contributed by atoms with Crippen molar-refractivity contribution in [2.45, 2.75) is 20.3 Å². The highest BCUT2D eigenvalue weighted by Gasteiger charge is 2.20. The van der Waals surface area contributed by atoms with Gasteiger partial charge in [0.25, 0.3) is 5.91 Å². The van der Waals surface area contributed by atoms with E-state index in [4.69, 9.17) is 9.72 Å². The second-order valence-electron chi connectivity index (χ2n) is 8.55. The second-order valence-corrected chi connectivity index (χ2v) is 8.55. The number of amides is 1. The number of hydrogen-bond acceptors (Lipinski definition) is 6. The average molecular weight is 572 g/mol. The summed E-state index contributed by atoms with van der Waals surface area (Å²) in [7, 11) is 0. The number of aromatic carboxylic acids is 1. The fraction of sp³-hybridized carbons (Fsp3) is 0.346. The number of hydrogen-bond donors (Lipinski definition) is 2. The van der Waals surface area contributed by atoms with E-state index in [1.807, 2.05) is 25.1 Å². The number of rotatable bonds is 8. The molecule has 1 amide bonds. The third-order valence-corrected chi connectivity index (χ3v) is 5.90. The minimum Gasteiger partial charge on any atom is -0.484 e. The third-order valence-electron chi connectivity index (χ3n) is 5.90. The minimum absolute atomic E-state index is 0. The smallest absolute Gasteiger partial charge is 0.336 e. The van der Waals surface area contributed by atoms with Gasteiger partial charge in [0.05, 0.1) is 11.1 Å². The molecule has 37 heavy (non-hydrogen) atoms. The molecular weight excluding hydrogens is 539 g/mol. The maximum absolute atomic E-state index is 12.4. The summed E-state index contributed by atoms with van der Waals surface area (Å²) in [6.07, 6.45) is 1.12. The summed E-state index contributed by atoms with van der Waals surface area (Å²) in [6.45, 7) is 8.55. The molecule has 0 spiro atoms. The first-order valence-electron chi connectivity index (χ1n) is 11.6. The molecule has 2 heterocycles. The van der Waals surface area contributed by atoms with Crippen molar-refractivity contribution < 1.29 is 19.4 Å². The van der Waals surface area contributed by atoms with E-state index in [0.717, 1.165) is 44.7 Å². The number of carbonyl (C=O) groups is 2. The maximum atomic E-state index is 12.4. The highest BCUT2D eigenvalue weighted by Crippen LogP contribution is 2.27. The zero-order valence-electron chi connectivity index (χ0n) is 20.8. The van der Waals surface area contributed by atoms with Crippen molar-refractivity contribution in [1.29, 1.82) is 0 Å². The van der Waals surface area contributed by atoms with Crippen LogP contribution in [0.15, 0.2) is 48.5 Å². The molecule has 0 radical (unpaired) electrons. The number of carboxylic acids is 1. The topological polar surface area (TPSA) is 95.0 Å². The molecule has 2 N–H and O–H groups in total. The zero-order chi connectivity index (χ0) is 24.1. The fourth-order valence-corrected chi connectivity index (χ4v) is 4.20. The molecule has 4 rings (SSSR count). The lowest BCUT2D eigenvalue weighted by atomic mass is 10.1. The van der Waals surface area contributed by atoms with Crippen LogP contribution in [0.4, 0.5) is 11.5 Å². The highest BCUT2D eigenvalue weighted by molar-refractivity contribution is 6.05. The first-order valence-corrected chi connectivity index (χ1v) is 11.6. The molecule has 0 saturated carbocycles. The van der Waals surface area contributed by atoms with Crippen molar-refractivity contribution in [3.05, 3.63) is 59.7 Å². The Morgan fingerprint density at radius 1 is 1.03 bits per heavy atom. The Hall–Kier alpha value is -2.78. The van der Waals surface area contributed by atoms with Crippen molar-refractivity contribution in [2.24, 2.45) is 0 Å². The van der Waals surface area contributed by atoms with Gasteiger partial charge in [0.15, 0.2) is 6.61 Å². The second kappa shape index (κ2) is 14.8. The summed E-state index contributed by atoms with van der Waals surface area (Å²) >= 11 is 0. The maximum Gasteiger partial charge on any atom is 0.336 e. The lowest BCUT2D eigenvalue weighted by Gasteiger charge is -2.35. The van der Waals surface area contributed by atoms with Gasteiger partial charge in [0, 0.05) is 37.3 Å².